The molecule has 5 heteroatoms. The third-order valence-electron chi connectivity index (χ3n) is 3.97. The zero-order chi connectivity index (χ0) is 14.8. The highest BCUT2D eigenvalue weighted by atomic mass is 16.5. The summed E-state index contributed by atoms with van der Waals surface area (Å²) in [6.07, 6.45) is 3.33. The maximum absolute atomic E-state index is 6.09. The molecule has 5 nitrogen and oxygen atoms in total. The summed E-state index contributed by atoms with van der Waals surface area (Å²) in [5, 5.41) is 8.72. The van der Waals surface area contributed by atoms with Crippen LogP contribution in [-0.4, -0.2) is 21.4 Å². The molecule has 0 fully saturated rings. The highest BCUT2D eigenvalue weighted by Gasteiger charge is 2.22. The Morgan fingerprint density at radius 1 is 1.38 bits per heavy atom. The highest BCUT2D eigenvalue weighted by molar-refractivity contribution is 5.66. The van der Waals surface area contributed by atoms with Crippen molar-refractivity contribution in [2.24, 2.45) is 0 Å². The molecule has 2 N–H and O–H groups in total. The summed E-state index contributed by atoms with van der Waals surface area (Å²) in [5.74, 6) is 3.21. The predicted molar refractivity (Wildman–Crippen MR) is 83.3 cm³/mol. The fourth-order valence-corrected chi connectivity index (χ4v) is 2.83. The number of hydrogen-bond donors (Lipinski definition) is 1. The molecule has 1 atom stereocenters. The lowest BCUT2D eigenvalue weighted by molar-refractivity contribution is 0.319. The number of nitrogen functional groups attached to an aromatic ring is 1. The molecule has 0 saturated heterocycles. The van der Waals surface area contributed by atoms with E-state index in [1.54, 1.807) is 0 Å². The average molecular weight is 286 g/mol. The van der Waals surface area contributed by atoms with E-state index in [4.69, 9.17) is 10.5 Å². The van der Waals surface area contributed by atoms with Gasteiger partial charge in [0.1, 0.15) is 11.6 Å². The monoisotopic (exact) mass is 286 g/mol. The Kier molecular flexibility index (Phi) is 3.82. The molecule has 0 aliphatic carbocycles. The van der Waals surface area contributed by atoms with Crippen molar-refractivity contribution < 1.29 is 4.74 Å². The summed E-state index contributed by atoms with van der Waals surface area (Å²) < 4.78 is 7.84. The van der Waals surface area contributed by atoms with Crippen LogP contribution in [0.1, 0.15) is 44.9 Å². The summed E-state index contributed by atoms with van der Waals surface area (Å²) in [6.45, 7) is 5.95. The molecule has 112 valence electrons. The van der Waals surface area contributed by atoms with Crippen LogP contribution < -0.4 is 10.5 Å². The first-order chi connectivity index (χ1) is 10.2. The second-order valence-corrected chi connectivity index (χ2v) is 5.68. The molecule has 1 aromatic carbocycles. The van der Waals surface area contributed by atoms with Crippen LogP contribution in [0.25, 0.3) is 11.4 Å². The lowest BCUT2D eigenvalue weighted by Gasteiger charge is -2.20. The van der Waals surface area contributed by atoms with Gasteiger partial charge in [-0.3, -0.25) is 0 Å². The van der Waals surface area contributed by atoms with E-state index in [2.05, 4.69) is 28.6 Å². The first-order valence-corrected chi connectivity index (χ1v) is 7.66. The van der Waals surface area contributed by atoms with Crippen LogP contribution in [-0.2, 0) is 6.54 Å². The highest BCUT2D eigenvalue weighted by Crippen LogP contribution is 2.32. The van der Waals surface area contributed by atoms with Crippen molar-refractivity contribution in [1.29, 1.82) is 0 Å². The number of anilines is 1. The summed E-state index contributed by atoms with van der Waals surface area (Å²) >= 11 is 0. The number of nitrogens with two attached hydrogens (primary N) is 1. The van der Waals surface area contributed by atoms with Crippen LogP contribution in [0, 0.1) is 0 Å². The van der Waals surface area contributed by atoms with Gasteiger partial charge in [-0.15, -0.1) is 10.2 Å². The van der Waals surface area contributed by atoms with Crippen molar-refractivity contribution in [1.82, 2.24) is 14.8 Å². The normalized spacial score (nSPS) is 17.5. The van der Waals surface area contributed by atoms with Crippen LogP contribution in [0.15, 0.2) is 18.2 Å². The first kappa shape index (κ1) is 13.9. The topological polar surface area (TPSA) is 66.0 Å². The molecule has 0 amide bonds. The standard InChI is InChI=1S/C16H22N4O/c1-3-9-21-14-7-6-12(10-13(14)17)16-19-18-15-11(2)5-4-8-20(15)16/h6-7,10-11H,3-5,8-9,17H2,1-2H3. The number of benzene rings is 1. The minimum absolute atomic E-state index is 0.476. The molecular weight excluding hydrogens is 264 g/mol. The Bertz CT molecular complexity index is 635. The number of nitrogens with zero attached hydrogens (tertiary/aromatic N) is 3. The molecule has 0 radical (unpaired) electrons. The smallest absolute Gasteiger partial charge is 0.164 e. The Balaban J connectivity index is 1.93. The number of aromatic nitrogens is 3. The van der Waals surface area contributed by atoms with Gasteiger partial charge in [-0.05, 0) is 37.5 Å². The van der Waals surface area contributed by atoms with Gasteiger partial charge in [0, 0.05) is 18.0 Å². The van der Waals surface area contributed by atoms with Gasteiger partial charge in [0.25, 0.3) is 0 Å². The van der Waals surface area contributed by atoms with Gasteiger partial charge >= 0.3 is 0 Å². The van der Waals surface area contributed by atoms with E-state index >= 15 is 0 Å². The Morgan fingerprint density at radius 3 is 3.00 bits per heavy atom. The van der Waals surface area contributed by atoms with Gasteiger partial charge in [-0.2, -0.15) is 0 Å². The molecule has 0 spiro atoms. The van der Waals surface area contributed by atoms with Crippen molar-refractivity contribution in [2.75, 3.05) is 12.3 Å². The van der Waals surface area contributed by atoms with Crippen molar-refractivity contribution in [3.8, 4) is 17.1 Å². The van der Waals surface area contributed by atoms with E-state index in [0.717, 1.165) is 35.9 Å². The molecule has 0 saturated carbocycles. The molecule has 2 aromatic rings. The number of hydrogen-bond acceptors (Lipinski definition) is 4. The zero-order valence-corrected chi connectivity index (χ0v) is 12.7. The van der Waals surface area contributed by atoms with Crippen molar-refractivity contribution >= 4 is 5.69 Å². The lowest BCUT2D eigenvalue weighted by atomic mass is 10.0. The molecule has 21 heavy (non-hydrogen) atoms. The van der Waals surface area contributed by atoms with E-state index in [1.165, 1.54) is 12.8 Å². The van der Waals surface area contributed by atoms with Gasteiger partial charge < -0.3 is 15.0 Å². The molecule has 1 aliphatic rings. The second kappa shape index (κ2) is 5.76. The van der Waals surface area contributed by atoms with E-state index < -0.39 is 0 Å². The van der Waals surface area contributed by atoms with Crippen molar-refractivity contribution in [3.63, 3.8) is 0 Å². The van der Waals surface area contributed by atoms with E-state index in [-0.39, 0.29) is 0 Å². The summed E-state index contributed by atoms with van der Waals surface area (Å²) in [5.41, 5.74) is 7.75. The quantitative estimate of drug-likeness (QED) is 0.876. The molecule has 3 rings (SSSR count). The van der Waals surface area contributed by atoms with E-state index in [9.17, 15) is 0 Å². The maximum atomic E-state index is 6.09. The van der Waals surface area contributed by atoms with Gasteiger partial charge in [-0.25, -0.2) is 0 Å². The van der Waals surface area contributed by atoms with Gasteiger partial charge in [-0.1, -0.05) is 13.8 Å². The summed E-state index contributed by atoms with van der Waals surface area (Å²) in [7, 11) is 0. The van der Waals surface area contributed by atoms with E-state index in [0.29, 0.717) is 18.2 Å². The minimum atomic E-state index is 0.476. The maximum Gasteiger partial charge on any atom is 0.164 e. The zero-order valence-electron chi connectivity index (χ0n) is 12.7. The average Bonchev–Trinajstić information content (AvgIpc) is 2.91. The van der Waals surface area contributed by atoms with Crippen molar-refractivity contribution in [2.45, 2.75) is 45.6 Å². The molecule has 2 heterocycles. The second-order valence-electron chi connectivity index (χ2n) is 5.68. The van der Waals surface area contributed by atoms with Crippen LogP contribution in [0.5, 0.6) is 5.75 Å². The van der Waals surface area contributed by atoms with Gasteiger partial charge in [0.2, 0.25) is 0 Å². The fourth-order valence-electron chi connectivity index (χ4n) is 2.83. The van der Waals surface area contributed by atoms with Crippen LogP contribution in [0.4, 0.5) is 5.69 Å². The molecule has 1 aliphatic heterocycles. The summed E-state index contributed by atoms with van der Waals surface area (Å²) in [6, 6.07) is 5.87. The number of ether oxygens (including phenoxy) is 1. The van der Waals surface area contributed by atoms with Crippen LogP contribution in [0.3, 0.4) is 0 Å². The molecule has 1 unspecified atom stereocenters. The first-order valence-electron chi connectivity index (χ1n) is 7.66. The minimum Gasteiger partial charge on any atom is -0.491 e. The Labute approximate surface area is 125 Å². The molecule has 0 bridgehead atoms. The Hall–Kier alpha value is -2.04. The Morgan fingerprint density at radius 2 is 2.24 bits per heavy atom. The van der Waals surface area contributed by atoms with Gasteiger partial charge in [0.15, 0.2) is 5.82 Å². The lowest BCUT2D eigenvalue weighted by Crippen LogP contribution is -2.14. The molecular formula is C16H22N4O. The summed E-state index contributed by atoms with van der Waals surface area (Å²) in [4.78, 5) is 0. The largest absolute Gasteiger partial charge is 0.491 e. The SMILES string of the molecule is CCCOc1ccc(-c2nnc3n2CCCC3C)cc1N. The van der Waals surface area contributed by atoms with Crippen LogP contribution in [0.2, 0.25) is 0 Å². The number of rotatable bonds is 4. The van der Waals surface area contributed by atoms with E-state index in [1.807, 2.05) is 18.2 Å². The number of fused-ring (bicyclic) bond motifs is 1. The third kappa shape index (κ3) is 2.60. The fraction of sp³-hybridized carbons (Fsp3) is 0.500. The molecule has 1 aromatic heterocycles. The van der Waals surface area contributed by atoms with Crippen molar-refractivity contribution in [3.05, 3.63) is 24.0 Å². The predicted octanol–water partition coefficient (Wildman–Crippen LogP) is 3.21. The van der Waals surface area contributed by atoms with Gasteiger partial charge in [0.05, 0.1) is 12.3 Å². The third-order valence-corrected chi connectivity index (χ3v) is 3.97. The van der Waals surface area contributed by atoms with Crippen LogP contribution >= 0.6 is 0 Å².